The van der Waals surface area contributed by atoms with Crippen molar-refractivity contribution in [2.75, 3.05) is 19.7 Å². The summed E-state index contributed by atoms with van der Waals surface area (Å²) in [7, 11) is 0. The van der Waals surface area contributed by atoms with Gasteiger partial charge >= 0.3 is 0 Å². The van der Waals surface area contributed by atoms with Crippen LogP contribution in [0.3, 0.4) is 0 Å². The number of carbonyl (C=O) groups excluding carboxylic acids is 3. The van der Waals surface area contributed by atoms with Crippen molar-refractivity contribution in [1.29, 1.82) is 0 Å². The zero-order valence-electron chi connectivity index (χ0n) is 15.8. The molecule has 0 atom stereocenters. The molecule has 3 amide bonds. The molecule has 2 aromatic rings. The highest BCUT2D eigenvalue weighted by Gasteiger charge is 2.26. The van der Waals surface area contributed by atoms with Crippen molar-refractivity contribution < 1.29 is 23.5 Å². The minimum atomic E-state index is -0.632. The van der Waals surface area contributed by atoms with Gasteiger partial charge in [-0.15, -0.1) is 0 Å². The molecular formula is C21H22FN3O4. The minimum Gasteiger partial charge on any atom is -0.483 e. The number of nitrogens with one attached hydrogen (secondary N) is 1. The number of ether oxygens (including phenoxy) is 1. The number of hydrogen-bond donors (Lipinski definition) is 2. The van der Waals surface area contributed by atoms with Crippen LogP contribution in [0.4, 0.5) is 4.39 Å². The largest absolute Gasteiger partial charge is 0.483 e. The molecule has 0 spiro atoms. The summed E-state index contributed by atoms with van der Waals surface area (Å²) in [6.45, 7) is 0.511. The maximum absolute atomic E-state index is 13.8. The van der Waals surface area contributed by atoms with E-state index in [1.165, 1.54) is 12.1 Å². The monoisotopic (exact) mass is 399 g/mol. The highest BCUT2D eigenvalue weighted by molar-refractivity contribution is 5.97. The van der Waals surface area contributed by atoms with Crippen molar-refractivity contribution in [3.63, 3.8) is 0 Å². The van der Waals surface area contributed by atoms with Crippen LogP contribution in [-0.4, -0.2) is 48.4 Å². The third-order valence-electron chi connectivity index (χ3n) is 4.72. The summed E-state index contributed by atoms with van der Waals surface area (Å²) in [5, 5.41) is 2.93. The molecule has 1 aliphatic heterocycles. The summed E-state index contributed by atoms with van der Waals surface area (Å²) < 4.78 is 19.1. The molecule has 0 bridgehead atoms. The molecular weight excluding hydrogens is 377 g/mol. The molecule has 8 heteroatoms. The van der Waals surface area contributed by atoms with Crippen molar-refractivity contribution in [2.24, 2.45) is 5.73 Å². The van der Waals surface area contributed by atoms with E-state index in [4.69, 9.17) is 10.5 Å². The SMILES string of the molecule is NC(=O)COc1ccccc1C(=O)NC1CCN(C(=O)c2ccccc2F)CC1. The number of nitrogens with zero attached hydrogens (tertiary/aromatic N) is 1. The maximum Gasteiger partial charge on any atom is 0.256 e. The van der Waals surface area contributed by atoms with E-state index >= 15 is 0 Å². The zero-order chi connectivity index (χ0) is 20.8. The van der Waals surface area contributed by atoms with Crippen molar-refractivity contribution in [3.05, 3.63) is 65.5 Å². The number of hydrogen-bond acceptors (Lipinski definition) is 4. The van der Waals surface area contributed by atoms with E-state index in [1.54, 1.807) is 41.3 Å². The van der Waals surface area contributed by atoms with Crippen LogP contribution in [0, 0.1) is 5.82 Å². The normalized spacial score (nSPS) is 14.3. The Kier molecular flexibility index (Phi) is 6.43. The average Bonchev–Trinajstić information content (AvgIpc) is 2.73. The molecule has 2 aromatic carbocycles. The number of benzene rings is 2. The number of piperidine rings is 1. The molecule has 7 nitrogen and oxygen atoms in total. The number of carbonyl (C=O) groups is 3. The molecule has 1 fully saturated rings. The Morgan fingerprint density at radius 3 is 2.31 bits per heavy atom. The average molecular weight is 399 g/mol. The van der Waals surface area contributed by atoms with Crippen LogP contribution in [0.15, 0.2) is 48.5 Å². The second kappa shape index (κ2) is 9.18. The molecule has 0 unspecified atom stereocenters. The van der Waals surface area contributed by atoms with Gasteiger partial charge in [-0.3, -0.25) is 14.4 Å². The Labute approximate surface area is 167 Å². The second-order valence-corrected chi connectivity index (χ2v) is 6.77. The van der Waals surface area contributed by atoms with E-state index in [1.807, 2.05) is 0 Å². The lowest BCUT2D eigenvalue weighted by Gasteiger charge is -2.32. The number of rotatable bonds is 6. The summed E-state index contributed by atoms with van der Waals surface area (Å²) in [6.07, 6.45) is 1.10. The number of primary amides is 1. The first-order valence-electron chi connectivity index (χ1n) is 9.30. The van der Waals surface area contributed by atoms with Crippen molar-refractivity contribution in [1.82, 2.24) is 10.2 Å². The number of likely N-dealkylation sites (tertiary alicyclic amines) is 1. The van der Waals surface area contributed by atoms with E-state index in [-0.39, 0.29) is 35.8 Å². The van der Waals surface area contributed by atoms with Gasteiger partial charge in [-0.25, -0.2) is 4.39 Å². The lowest BCUT2D eigenvalue weighted by atomic mass is 10.0. The highest BCUT2D eigenvalue weighted by atomic mass is 19.1. The first-order chi connectivity index (χ1) is 14.0. The van der Waals surface area contributed by atoms with Gasteiger partial charge in [0, 0.05) is 19.1 Å². The Balaban J connectivity index is 1.57. The van der Waals surface area contributed by atoms with E-state index in [0.29, 0.717) is 31.5 Å². The molecule has 0 aromatic heterocycles. The predicted molar refractivity (Wildman–Crippen MR) is 104 cm³/mol. The predicted octanol–water partition coefficient (Wildman–Crippen LogP) is 1.72. The van der Waals surface area contributed by atoms with Crippen LogP contribution in [0.1, 0.15) is 33.6 Å². The second-order valence-electron chi connectivity index (χ2n) is 6.77. The van der Waals surface area contributed by atoms with Crippen LogP contribution in [-0.2, 0) is 4.79 Å². The fourth-order valence-corrected chi connectivity index (χ4v) is 3.22. The zero-order valence-corrected chi connectivity index (χ0v) is 15.8. The van der Waals surface area contributed by atoms with Gasteiger partial charge in [-0.1, -0.05) is 24.3 Å². The summed E-state index contributed by atoms with van der Waals surface area (Å²) >= 11 is 0. The Hall–Kier alpha value is -3.42. The van der Waals surface area contributed by atoms with E-state index in [2.05, 4.69) is 5.32 Å². The Bertz CT molecular complexity index is 910. The Morgan fingerprint density at radius 2 is 1.66 bits per heavy atom. The third-order valence-corrected chi connectivity index (χ3v) is 4.72. The summed E-state index contributed by atoms with van der Waals surface area (Å²) in [5.74, 6) is -1.58. The number of para-hydroxylation sites is 1. The minimum absolute atomic E-state index is 0.0514. The lowest BCUT2D eigenvalue weighted by molar-refractivity contribution is -0.119. The highest BCUT2D eigenvalue weighted by Crippen LogP contribution is 2.20. The van der Waals surface area contributed by atoms with Crippen LogP contribution < -0.4 is 15.8 Å². The smallest absolute Gasteiger partial charge is 0.256 e. The van der Waals surface area contributed by atoms with Crippen LogP contribution in [0.5, 0.6) is 5.75 Å². The van der Waals surface area contributed by atoms with Gasteiger partial charge in [0.25, 0.3) is 17.7 Å². The molecule has 1 saturated heterocycles. The molecule has 0 aliphatic carbocycles. The van der Waals surface area contributed by atoms with Crippen LogP contribution >= 0.6 is 0 Å². The number of nitrogens with two attached hydrogens (primary N) is 1. The van der Waals surface area contributed by atoms with Crippen molar-refractivity contribution >= 4 is 17.7 Å². The molecule has 1 heterocycles. The van der Waals surface area contributed by atoms with Gasteiger partial charge in [-0.05, 0) is 37.1 Å². The lowest BCUT2D eigenvalue weighted by Crippen LogP contribution is -2.46. The van der Waals surface area contributed by atoms with Crippen LogP contribution in [0.25, 0.3) is 0 Å². The first kappa shape index (κ1) is 20.3. The summed E-state index contributed by atoms with van der Waals surface area (Å²) in [5.41, 5.74) is 5.44. The van der Waals surface area contributed by atoms with E-state index in [0.717, 1.165) is 0 Å². The molecule has 3 N–H and O–H groups in total. The third kappa shape index (κ3) is 5.10. The topological polar surface area (TPSA) is 102 Å². The van der Waals surface area contributed by atoms with Crippen molar-refractivity contribution in [2.45, 2.75) is 18.9 Å². The Morgan fingerprint density at radius 1 is 1.03 bits per heavy atom. The standard InChI is InChI=1S/C21H22FN3O4/c22-17-7-3-1-5-15(17)21(28)25-11-9-14(10-12-25)24-20(27)16-6-2-4-8-18(16)29-13-19(23)26/h1-8,14H,9-13H2,(H2,23,26)(H,24,27). The van der Waals surface area contributed by atoms with Gasteiger partial charge < -0.3 is 20.7 Å². The first-order valence-corrected chi connectivity index (χ1v) is 9.30. The number of amides is 3. The van der Waals surface area contributed by atoms with Gasteiger partial charge in [0.2, 0.25) is 0 Å². The fourth-order valence-electron chi connectivity index (χ4n) is 3.22. The number of halogens is 1. The van der Waals surface area contributed by atoms with E-state index in [9.17, 15) is 18.8 Å². The van der Waals surface area contributed by atoms with Gasteiger partial charge in [-0.2, -0.15) is 0 Å². The fraction of sp³-hybridized carbons (Fsp3) is 0.286. The van der Waals surface area contributed by atoms with Gasteiger partial charge in [0.05, 0.1) is 11.1 Å². The summed E-state index contributed by atoms with van der Waals surface area (Å²) in [4.78, 5) is 37.6. The summed E-state index contributed by atoms with van der Waals surface area (Å²) in [6, 6.07) is 12.3. The van der Waals surface area contributed by atoms with Crippen molar-refractivity contribution in [3.8, 4) is 5.75 Å². The quantitative estimate of drug-likeness (QED) is 0.772. The van der Waals surface area contributed by atoms with Gasteiger partial charge in [0.15, 0.2) is 6.61 Å². The molecule has 0 saturated carbocycles. The van der Waals surface area contributed by atoms with Gasteiger partial charge in [0.1, 0.15) is 11.6 Å². The van der Waals surface area contributed by atoms with Crippen LogP contribution in [0.2, 0.25) is 0 Å². The molecule has 0 radical (unpaired) electrons. The molecule has 1 aliphatic rings. The van der Waals surface area contributed by atoms with E-state index < -0.39 is 11.7 Å². The molecule has 3 rings (SSSR count). The molecule has 152 valence electrons. The molecule has 29 heavy (non-hydrogen) atoms. The maximum atomic E-state index is 13.8.